The molecule has 0 fully saturated rings. The van der Waals surface area contributed by atoms with Gasteiger partial charge in [0.05, 0.1) is 44.0 Å². The lowest BCUT2D eigenvalue weighted by atomic mass is 10.0. The molecule has 1 aromatic rings. The zero-order chi connectivity index (χ0) is 26.3. The Kier molecular flexibility index (Phi) is 15.1. The minimum atomic E-state index is -3.51. The normalized spacial score (nSPS) is 13.3. The largest absolute Gasteiger partial charge is 0.541 e. The molecule has 0 aliphatic rings. The first kappa shape index (κ1) is 31.3. The third kappa shape index (κ3) is 12.7. The van der Waals surface area contributed by atoms with Crippen molar-refractivity contribution < 1.29 is 51.1 Å². The number of nitrogens with one attached hydrogen (secondary N) is 1. The molecule has 200 valence electrons. The summed E-state index contributed by atoms with van der Waals surface area (Å²) < 4.78 is 57.5. The van der Waals surface area contributed by atoms with E-state index in [1.807, 2.05) is 0 Å². The fraction of sp³-hybridized carbons (Fsp3) is 0.600. The molecule has 0 heterocycles. The van der Waals surface area contributed by atoms with Crippen molar-refractivity contribution in [1.82, 2.24) is 5.32 Å². The molecule has 0 saturated carbocycles. The van der Waals surface area contributed by atoms with Crippen molar-refractivity contribution in [1.29, 1.82) is 0 Å². The molecule has 0 radical (unpaired) electrons. The number of carbonyl (C=O) groups excluding carboxylic acids is 2. The predicted molar refractivity (Wildman–Crippen MR) is 123 cm³/mol. The quantitative estimate of drug-likeness (QED) is 0.0986. The van der Waals surface area contributed by atoms with Crippen molar-refractivity contribution in [2.75, 3.05) is 59.7 Å². The molecule has 0 unspecified atom stereocenters. The van der Waals surface area contributed by atoms with E-state index in [4.69, 9.17) is 47.0 Å². The minimum Gasteiger partial charge on any atom is -0.422 e. The Morgan fingerprint density at radius 3 is 2.09 bits per heavy atom. The van der Waals surface area contributed by atoms with Crippen LogP contribution in [-0.2, 0) is 43.4 Å². The van der Waals surface area contributed by atoms with Crippen LogP contribution in [0.3, 0.4) is 0 Å². The standard InChI is InChI=1S/C20H28Cl2FNO10S/c1-29-7-8-30-9-10-31-11-12-32-34-20(26)33-17(16(13-23)24-19(25)18(21)22)14-3-5-15(6-4-14)35(2,27)28/h3-6,16-18H,7-13H2,1-2H3,(H,24,25)/t16-,17-/m1/s1. The molecule has 0 aliphatic heterocycles. The van der Waals surface area contributed by atoms with E-state index in [-0.39, 0.29) is 30.3 Å². The molecule has 0 aromatic heterocycles. The summed E-state index contributed by atoms with van der Waals surface area (Å²) >= 11 is 11.0. The molecule has 0 spiro atoms. The van der Waals surface area contributed by atoms with Crippen molar-refractivity contribution in [3.63, 3.8) is 0 Å². The van der Waals surface area contributed by atoms with Crippen LogP contribution in [0.25, 0.3) is 0 Å². The maximum absolute atomic E-state index is 13.8. The number of benzene rings is 1. The second-order valence-electron chi connectivity index (χ2n) is 6.82. The number of hydrogen-bond donors (Lipinski definition) is 1. The molecule has 2 atom stereocenters. The van der Waals surface area contributed by atoms with E-state index >= 15 is 0 Å². The number of alkyl halides is 3. The molecule has 0 saturated heterocycles. The number of ether oxygens (including phenoxy) is 4. The van der Waals surface area contributed by atoms with Crippen molar-refractivity contribution in [3.8, 4) is 0 Å². The lowest BCUT2D eigenvalue weighted by molar-refractivity contribution is -0.264. The Bertz CT molecular complexity index is 873. The lowest BCUT2D eigenvalue weighted by Crippen LogP contribution is -2.44. The molecular weight excluding hydrogens is 536 g/mol. The van der Waals surface area contributed by atoms with E-state index in [0.717, 1.165) is 6.26 Å². The molecule has 0 bridgehead atoms. The van der Waals surface area contributed by atoms with Gasteiger partial charge in [0, 0.05) is 13.4 Å². The van der Waals surface area contributed by atoms with Crippen molar-refractivity contribution in [3.05, 3.63) is 29.8 Å². The number of carbonyl (C=O) groups is 2. The van der Waals surface area contributed by atoms with Gasteiger partial charge < -0.3 is 24.3 Å². The summed E-state index contributed by atoms with van der Waals surface area (Å²) in [6, 6.07) is 3.65. The molecule has 11 nitrogen and oxygen atoms in total. The third-order valence-electron chi connectivity index (χ3n) is 4.16. The van der Waals surface area contributed by atoms with Gasteiger partial charge in [-0.1, -0.05) is 35.3 Å². The van der Waals surface area contributed by atoms with E-state index in [0.29, 0.717) is 19.8 Å². The van der Waals surface area contributed by atoms with Crippen LogP contribution in [0.15, 0.2) is 29.2 Å². The molecule has 1 N–H and O–H groups in total. The van der Waals surface area contributed by atoms with Gasteiger partial charge in [0.2, 0.25) is 0 Å². The summed E-state index contributed by atoms with van der Waals surface area (Å²) in [6.07, 6.45) is -1.76. The average molecular weight is 564 g/mol. The van der Waals surface area contributed by atoms with Crippen LogP contribution in [0.2, 0.25) is 0 Å². The van der Waals surface area contributed by atoms with Gasteiger partial charge in [0.25, 0.3) is 5.91 Å². The molecule has 15 heteroatoms. The van der Waals surface area contributed by atoms with Gasteiger partial charge in [-0.3, -0.25) is 9.68 Å². The van der Waals surface area contributed by atoms with Crippen LogP contribution in [0.5, 0.6) is 0 Å². The average Bonchev–Trinajstić information content (AvgIpc) is 2.81. The zero-order valence-electron chi connectivity index (χ0n) is 19.1. The predicted octanol–water partition coefficient (Wildman–Crippen LogP) is 2.15. The fourth-order valence-corrected chi connectivity index (χ4v) is 3.25. The summed E-state index contributed by atoms with van der Waals surface area (Å²) in [5, 5.41) is 2.21. The van der Waals surface area contributed by atoms with Gasteiger partial charge in [0.15, 0.2) is 20.8 Å². The van der Waals surface area contributed by atoms with Gasteiger partial charge >= 0.3 is 6.16 Å². The van der Waals surface area contributed by atoms with E-state index < -0.39 is 45.6 Å². The van der Waals surface area contributed by atoms with E-state index in [1.54, 1.807) is 7.11 Å². The summed E-state index contributed by atoms with van der Waals surface area (Å²) in [5.74, 6) is -0.926. The first-order chi connectivity index (χ1) is 16.6. The van der Waals surface area contributed by atoms with Crippen LogP contribution in [0, 0.1) is 0 Å². The second kappa shape index (κ2) is 16.8. The highest BCUT2D eigenvalue weighted by Crippen LogP contribution is 2.25. The fourth-order valence-electron chi connectivity index (χ4n) is 2.50. The van der Waals surface area contributed by atoms with Crippen LogP contribution in [0.4, 0.5) is 9.18 Å². The van der Waals surface area contributed by atoms with E-state index in [2.05, 4.69) is 10.2 Å². The van der Waals surface area contributed by atoms with E-state index in [1.165, 1.54) is 24.3 Å². The Hall–Kier alpha value is -1.74. The Labute approximate surface area is 212 Å². The number of amides is 1. The van der Waals surface area contributed by atoms with Gasteiger partial charge in [-0.25, -0.2) is 17.6 Å². The highest BCUT2D eigenvalue weighted by Gasteiger charge is 2.31. The van der Waals surface area contributed by atoms with Gasteiger partial charge in [-0.15, -0.1) is 0 Å². The van der Waals surface area contributed by atoms with Gasteiger partial charge in [-0.2, -0.15) is 4.89 Å². The lowest BCUT2D eigenvalue weighted by Gasteiger charge is -2.26. The van der Waals surface area contributed by atoms with Crippen LogP contribution in [-0.4, -0.2) is 91.0 Å². The van der Waals surface area contributed by atoms with Crippen molar-refractivity contribution in [2.45, 2.75) is 21.9 Å². The smallest absolute Gasteiger partial charge is 0.422 e. The summed E-state index contributed by atoms with van der Waals surface area (Å²) in [7, 11) is -1.95. The zero-order valence-corrected chi connectivity index (χ0v) is 21.4. The first-order valence-electron chi connectivity index (χ1n) is 10.2. The SMILES string of the molecule is COCCOCCOCCOOC(=O)O[C@H](c1ccc(S(C)(=O)=O)cc1)[C@@H](CF)NC(=O)C(Cl)Cl. The highest BCUT2D eigenvalue weighted by atomic mass is 35.5. The van der Waals surface area contributed by atoms with Crippen molar-refractivity contribution >= 4 is 45.1 Å². The van der Waals surface area contributed by atoms with Gasteiger partial charge in [-0.05, 0) is 17.7 Å². The monoisotopic (exact) mass is 563 g/mol. The Balaban J connectivity index is 2.69. The first-order valence-corrected chi connectivity index (χ1v) is 13.0. The Morgan fingerprint density at radius 1 is 1.00 bits per heavy atom. The molecular formula is C20H28Cl2FNO10S. The maximum atomic E-state index is 13.8. The molecule has 1 amide bonds. The second-order valence-corrected chi connectivity index (χ2v) is 9.93. The third-order valence-corrected chi connectivity index (χ3v) is 5.68. The van der Waals surface area contributed by atoms with E-state index in [9.17, 15) is 22.4 Å². The molecule has 1 rings (SSSR count). The minimum absolute atomic E-state index is 0.0163. The summed E-state index contributed by atoms with van der Waals surface area (Å²) in [4.78, 5) is 31.6. The Morgan fingerprint density at radius 2 is 1.57 bits per heavy atom. The number of rotatable bonds is 17. The number of sulfone groups is 1. The van der Waals surface area contributed by atoms with Crippen LogP contribution >= 0.6 is 23.2 Å². The number of methoxy groups -OCH3 is 1. The summed E-state index contributed by atoms with van der Waals surface area (Å²) in [5.41, 5.74) is 0.162. The van der Waals surface area contributed by atoms with Crippen molar-refractivity contribution in [2.24, 2.45) is 0 Å². The highest BCUT2D eigenvalue weighted by molar-refractivity contribution is 7.90. The molecule has 1 aromatic carbocycles. The molecule has 0 aliphatic carbocycles. The maximum Gasteiger partial charge on any atom is 0.541 e. The molecule has 35 heavy (non-hydrogen) atoms. The van der Waals surface area contributed by atoms with Crippen LogP contribution in [0.1, 0.15) is 11.7 Å². The topological polar surface area (TPSA) is 136 Å². The number of halogens is 3. The summed E-state index contributed by atoms with van der Waals surface area (Å²) in [6.45, 7) is 0.279. The van der Waals surface area contributed by atoms with Gasteiger partial charge in [0.1, 0.15) is 13.3 Å². The number of hydrogen-bond acceptors (Lipinski definition) is 10. The van der Waals surface area contributed by atoms with Crippen LogP contribution < -0.4 is 5.32 Å².